The van der Waals surface area contributed by atoms with E-state index in [-0.39, 0.29) is 17.9 Å². The van der Waals surface area contributed by atoms with Gasteiger partial charge in [-0.2, -0.15) is 4.39 Å². The largest absolute Gasteiger partial charge is 0.345 e. The van der Waals surface area contributed by atoms with Gasteiger partial charge in [-0.25, -0.2) is 8.42 Å². The molecule has 9 nitrogen and oxygen atoms in total. The van der Waals surface area contributed by atoms with Gasteiger partial charge < -0.3 is 10.6 Å². The Labute approximate surface area is 137 Å². The fourth-order valence-electron chi connectivity index (χ4n) is 1.81. The van der Waals surface area contributed by atoms with Gasteiger partial charge in [-0.3, -0.25) is 19.7 Å². The second-order valence-electron chi connectivity index (χ2n) is 5.08. The molecule has 11 heteroatoms. The molecule has 1 aromatic rings. The second kappa shape index (κ2) is 7.81. The lowest BCUT2D eigenvalue weighted by Crippen LogP contribution is -2.43. The van der Waals surface area contributed by atoms with E-state index in [1.165, 1.54) is 0 Å². The summed E-state index contributed by atoms with van der Waals surface area (Å²) in [6, 6.07) is 1.61. The molecule has 0 aliphatic rings. The van der Waals surface area contributed by atoms with Crippen LogP contribution in [0.2, 0.25) is 0 Å². The highest BCUT2D eigenvalue weighted by atomic mass is 32.2. The molecule has 132 valence electrons. The Morgan fingerprint density at radius 3 is 2.50 bits per heavy atom. The zero-order valence-electron chi connectivity index (χ0n) is 12.9. The summed E-state index contributed by atoms with van der Waals surface area (Å²) in [7, 11) is -3.36. The van der Waals surface area contributed by atoms with E-state index in [1.54, 1.807) is 0 Å². The summed E-state index contributed by atoms with van der Waals surface area (Å²) in [6.07, 6.45) is 0.812. The first-order valence-electron chi connectivity index (χ1n) is 6.69. The van der Waals surface area contributed by atoms with Crippen LogP contribution in [-0.4, -0.2) is 43.2 Å². The van der Waals surface area contributed by atoms with E-state index in [0.29, 0.717) is 0 Å². The summed E-state index contributed by atoms with van der Waals surface area (Å²) >= 11 is 0. The van der Waals surface area contributed by atoms with E-state index in [4.69, 9.17) is 0 Å². The van der Waals surface area contributed by atoms with Crippen LogP contribution in [0.1, 0.15) is 13.3 Å². The summed E-state index contributed by atoms with van der Waals surface area (Å²) in [4.78, 5) is 33.0. The quantitative estimate of drug-likeness (QED) is 0.539. The fourth-order valence-corrected chi connectivity index (χ4v) is 2.47. The Hall–Kier alpha value is -2.56. The minimum absolute atomic E-state index is 0.0530. The van der Waals surface area contributed by atoms with Crippen molar-refractivity contribution in [1.29, 1.82) is 0 Å². The number of benzene rings is 1. The van der Waals surface area contributed by atoms with Crippen molar-refractivity contribution in [3.8, 4) is 0 Å². The topological polar surface area (TPSA) is 135 Å². The normalized spacial score (nSPS) is 12.3. The molecule has 1 rings (SSSR count). The predicted molar refractivity (Wildman–Crippen MR) is 83.6 cm³/mol. The van der Waals surface area contributed by atoms with E-state index in [0.717, 1.165) is 31.4 Å². The average Bonchev–Trinajstić information content (AvgIpc) is 2.43. The van der Waals surface area contributed by atoms with Crippen LogP contribution in [0.4, 0.5) is 15.8 Å². The van der Waals surface area contributed by atoms with Gasteiger partial charge in [0.1, 0.15) is 15.9 Å². The number of hydrogen-bond acceptors (Lipinski definition) is 6. The molecule has 0 aliphatic heterocycles. The number of nitrogens with one attached hydrogen (secondary N) is 2. The Morgan fingerprint density at radius 2 is 2.00 bits per heavy atom. The number of carbonyl (C=O) groups excluding carboxylic acids is 2. The fraction of sp³-hybridized carbons (Fsp3) is 0.385. The van der Waals surface area contributed by atoms with Gasteiger partial charge in [-0.15, -0.1) is 0 Å². The molecule has 0 radical (unpaired) electrons. The van der Waals surface area contributed by atoms with E-state index < -0.39 is 44.1 Å². The molecule has 0 fully saturated rings. The number of hydrogen-bond donors (Lipinski definition) is 2. The molecule has 0 saturated carbocycles. The molecule has 1 aromatic carbocycles. The molecule has 0 heterocycles. The highest BCUT2D eigenvalue weighted by Crippen LogP contribution is 2.21. The zero-order valence-corrected chi connectivity index (χ0v) is 13.7. The maximum atomic E-state index is 13.3. The van der Waals surface area contributed by atoms with Crippen molar-refractivity contribution in [2.75, 3.05) is 17.3 Å². The molecule has 0 aliphatic carbocycles. The Balaban J connectivity index is 2.93. The van der Waals surface area contributed by atoms with Crippen molar-refractivity contribution in [2.24, 2.45) is 0 Å². The third-order valence-corrected chi connectivity index (χ3v) is 3.86. The molecule has 24 heavy (non-hydrogen) atoms. The van der Waals surface area contributed by atoms with Gasteiger partial charge in [0.05, 0.1) is 10.7 Å². The van der Waals surface area contributed by atoms with Crippen LogP contribution in [0.5, 0.6) is 0 Å². The van der Waals surface area contributed by atoms with Gasteiger partial charge >= 0.3 is 5.69 Å². The number of nitrogens with zero attached hydrogens (tertiary/aromatic N) is 1. The average molecular weight is 361 g/mol. The Kier molecular flexibility index (Phi) is 6.35. The number of amides is 2. The summed E-state index contributed by atoms with van der Waals surface area (Å²) in [5, 5.41) is 15.3. The van der Waals surface area contributed by atoms with Crippen molar-refractivity contribution in [2.45, 2.75) is 19.4 Å². The van der Waals surface area contributed by atoms with Crippen LogP contribution in [-0.2, 0) is 19.4 Å². The van der Waals surface area contributed by atoms with Crippen LogP contribution in [0.3, 0.4) is 0 Å². The van der Waals surface area contributed by atoms with Gasteiger partial charge in [0.2, 0.25) is 17.6 Å². The molecule has 1 atom stereocenters. The molecular formula is C13H16FN3O6S. The number of nitro groups is 1. The van der Waals surface area contributed by atoms with Crippen LogP contribution < -0.4 is 10.6 Å². The van der Waals surface area contributed by atoms with E-state index in [2.05, 4.69) is 10.6 Å². The molecule has 2 N–H and O–H groups in total. The van der Waals surface area contributed by atoms with Crippen molar-refractivity contribution in [3.05, 3.63) is 34.1 Å². The monoisotopic (exact) mass is 361 g/mol. The second-order valence-corrected chi connectivity index (χ2v) is 7.34. The number of anilines is 1. The summed E-state index contributed by atoms with van der Waals surface area (Å²) < 4.78 is 35.7. The molecule has 0 aromatic heterocycles. The first kappa shape index (κ1) is 19.5. The highest BCUT2D eigenvalue weighted by Gasteiger charge is 2.22. The number of sulfone groups is 1. The van der Waals surface area contributed by atoms with Gasteiger partial charge in [-0.1, -0.05) is 0 Å². The molecule has 2 amide bonds. The number of rotatable bonds is 7. The van der Waals surface area contributed by atoms with Crippen molar-refractivity contribution >= 4 is 33.0 Å². The summed E-state index contributed by atoms with van der Waals surface area (Å²) in [5.41, 5.74) is -0.872. The first-order chi connectivity index (χ1) is 11.0. The maximum absolute atomic E-state index is 13.3. The van der Waals surface area contributed by atoms with Gasteiger partial charge in [0, 0.05) is 24.9 Å². The lowest BCUT2D eigenvalue weighted by Gasteiger charge is -2.17. The van der Waals surface area contributed by atoms with Crippen LogP contribution >= 0.6 is 0 Å². The third kappa shape index (κ3) is 6.28. The SMILES string of the molecule is CC(=O)NC(CCS(C)(=O)=O)C(=O)Nc1ccc(F)c([N+](=O)[O-])c1. The van der Waals surface area contributed by atoms with Crippen LogP contribution in [0.25, 0.3) is 0 Å². The lowest BCUT2D eigenvalue weighted by molar-refractivity contribution is -0.387. The van der Waals surface area contributed by atoms with E-state index in [9.17, 15) is 32.5 Å². The predicted octanol–water partition coefficient (Wildman–Crippen LogP) is 0.612. The molecular weight excluding hydrogens is 345 g/mol. The van der Waals surface area contributed by atoms with Gasteiger partial charge in [-0.05, 0) is 18.6 Å². The van der Waals surface area contributed by atoms with Crippen LogP contribution in [0.15, 0.2) is 18.2 Å². The van der Waals surface area contributed by atoms with Gasteiger partial charge in [0.25, 0.3) is 0 Å². The molecule has 0 saturated heterocycles. The minimum Gasteiger partial charge on any atom is -0.345 e. The van der Waals surface area contributed by atoms with Crippen molar-refractivity contribution < 1.29 is 27.3 Å². The van der Waals surface area contributed by atoms with Crippen molar-refractivity contribution in [1.82, 2.24) is 5.32 Å². The lowest BCUT2D eigenvalue weighted by atomic mass is 10.2. The van der Waals surface area contributed by atoms with E-state index in [1.807, 2.05) is 0 Å². The van der Waals surface area contributed by atoms with Crippen LogP contribution in [0, 0.1) is 15.9 Å². The zero-order chi connectivity index (χ0) is 18.5. The number of nitro benzene ring substituents is 1. The highest BCUT2D eigenvalue weighted by molar-refractivity contribution is 7.90. The number of carbonyl (C=O) groups is 2. The molecule has 0 spiro atoms. The van der Waals surface area contributed by atoms with Gasteiger partial charge in [0.15, 0.2) is 0 Å². The third-order valence-electron chi connectivity index (χ3n) is 2.88. The molecule has 0 bridgehead atoms. The van der Waals surface area contributed by atoms with E-state index >= 15 is 0 Å². The molecule has 1 unspecified atom stereocenters. The minimum atomic E-state index is -3.36. The summed E-state index contributed by atoms with van der Waals surface area (Å²) in [6.45, 7) is 1.16. The number of halogens is 1. The summed E-state index contributed by atoms with van der Waals surface area (Å²) in [5.74, 6) is -2.72. The standard InChI is InChI=1S/C13H16FN3O6S/c1-8(18)15-11(5-6-24(2,22)23)13(19)16-9-3-4-10(14)12(7-9)17(20)21/h3-4,7,11H,5-6H2,1-2H3,(H,15,18)(H,16,19). The smallest absolute Gasteiger partial charge is 0.306 e. The van der Waals surface area contributed by atoms with Crippen molar-refractivity contribution in [3.63, 3.8) is 0 Å². The Bertz CT molecular complexity index is 765. The Morgan fingerprint density at radius 1 is 1.38 bits per heavy atom. The maximum Gasteiger partial charge on any atom is 0.306 e. The first-order valence-corrected chi connectivity index (χ1v) is 8.75.